The molecule has 110 valence electrons. The monoisotopic (exact) mass is 291 g/mol. The normalized spacial score (nSPS) is 22.1. The lowest BCUT2D eigenvalue weighted by Gasteiger charge is -2.14. The summed E-state index contributed by atoms with van der Waals surface area (Å²) in [5, 5.41) is 11.3. The predicted molar refractivity (Wildman–Crippen MR) is 64.4 cm³/mol. The number of benzene rings is 1. The molecular weight excluding hydrogens is 278 g/mol. The molecule has 2 rings (SSSR count). The highest BCUT2D eigenvalue weighted by Gasteiger charge is 2.56. The Labute approximate surface area is 112 Å². The van der Waals surface area contributed by atoms with E-state index in [-0.39, 0.29) is 29.9 Å². The van der Waals surface area contributed by atoms with E-state index in [0.29, 0.717) is 5.56 Å². The van der Waals surface area contributed by atoms with Gasteiger partial charge in [0.2, 0.25) is 0 Å². The van der Waals surface area contributed by atoms with Crippen LogP contribution in [0.5, 0.6) is 5.75 Å². The van der Waals surface area contributed by atoms with E-state index in [1.807, 2.05) is 0 Å². The molecule has 0 aromatic heterocycles. The molecule has 0 fully saturated rings. The number of ether oxygens (including phenoxy) is 1. The molecule has 0 aliphatic heterocycles. The molecule has 1 aliphatic carbocycles. The highest BCUT2D eigenvalue weighted by molar-refractivity contribution is 6.11. The first-order valence-electron chi connectivity index (χ1n) is 6.02. The van der Waals surface area contributed by atoms with Crippen molar-refractivity contribution in [1.29, 1.82) is 0 Å². The maximum Gasteiger partial charge on any atom is 0.328 e. The van der Waals surface area contributed by atoms with Gasteiger partial charge in [0, 0.05) is 17.5 Å². The first-order chi connectivity index (χ1) is 9.45. The van der Waals surface area contributed by atoms with Crippen molar-refractivity contribution in [2.45, 2.75) is 25.4 Å². The Balaban J connectivity index is 2.51. The van der Waals surface area contributed by atoms with Crippen LogP contribution in [0.3, 0.4) is 0 Å². The zero-order valence-corrected chi connectivity index (χ0v) is 10.7. The number of oxime groups is 1. The molecular formula is C13H13F4NO2. The highest BCUT2D eigenvalue weighted by Crippen LogP contribution is 2.50. The molecule has 0 saturated heterocycles. The van der Waals surface area contributed by atoms with Crippen LogP contribution in [0.15, 0.2) is 17.3 Å². The van der Waals surface area contributed by atoms with Crippen molar-refractivity contribution in [2.24, 2.45) is 5.16 Å². The molecule has 1 atom stereocenters. The third-order valence-corrected chi connectivity index (χ3v) is 3.17. The minimum atomic E-state index is -3.92. The van der Waals surface area contributed by atoms with Crippen molar-refractivity contribution in [3.8, 4) is 5.75 Å². The van der Waals surface area contributed by atoms with Crippen molar-refractivity contribution in [1.82, 2.24) is 0 Å². The van der Waals surface area contributed by atoms with Crippen LogP contribution < -0.4 is 4.74 Å². The average molecular weight is 291 g/mol. The standard InChI is InChI=1S/C13H13F4NO2/c1-7-3-4-8(20-6-2-5-14)10-9(7)12(18-19)13(16,17)11(10)15/h3-4,11,19H,2,5-6H2,1H3/b18-12-/t11-/m1/s1. The summed E-state index contributed by atoms with van der Waals surface area (Å²) in [6.45, 7) is 0.839. The van der Waals surface area contributed by atoms with E-state index < -0.39 is 24.5 Å². The SMILES string of the molecule is Cc1ccc(OCCCF)c2c1/C(=N/O)C(F)(F)[C@@H]2F. The van der Waals surface area contributed by atoms with E-state index in [0.717, 1.165) is 0 Å². The molecule has 1 N–H and O–H groups in total. The number of aryl methyl sites for hydroxylation is 1. The van der Waals surface area contributed by atoms with E-state index in [2.05, 4.69) is 5.16 Å². The van der Waals surface area contributed by atoms with Gasteiger partial charge < -0.3 is 9.94 Å². The third-order valence-electron chi connectivity index (χ3n) is 3.17. The Hall–Kier alpha value is -1.79. The van der Waals surface area contributed by atoms with Crippen LogP contribution in [0.4, 0.5) is 17.6 Å². The van der Waals surface area contributed by atoms with Crippen molar-refractivity contribution in [3.05, 3.63) is 28.8 Å². The second kappa shape index (κ2) is 5.30. The van der Waals surface area contributed by atoms with Gasteiger partial charge in [-0.2, -0.15) is 8.78 Å². The van der Waals surface area contributed by atoms with Gasteiger partial charge >= 0.3 is 5.92 Å². The minimum absolute atomic E-state index is 0.0457. The van der Waals surface area contributed by atoms with E-state index >= 15 is 0 Å². The van der Waals surface area contributed by atoms with Gasteiger partial charge in [0.1, 0.15) is 5.75 Å². The summed E-state index contributed by atoms with van der Waals surface area (Å²) in [6, 6.07) is 2.82. The zero-order chi connectivity index (χ0) is 14.9. The molecule has 20 heavy (non-hydrogen) atoms. The lowest BCUT2D eigenvalue weighted by atomic mass is 10.0. The Morgan fingerprint density at radius 3 is 2.70 bits per heavy atom. The number of rotatable bonds is 4. The van der Waals surface area contributed by atoms with Crippen LogP contribution in [0, 0.1) is 6.92 Å². The van der Waals surface area contributed by atoms with Crippen LogP contribution in [-0.2, 0) is 0 Å². The fourth-order valence-electron chi connectivity index (χ4n) is 2.22. The maximum atomic E-state index is 14.0. The summed E-state index contributed by atoms with van der Waals surface area (Å²) < 4.78 is 58.7. The molecule has 0 radical (unpaired) electrons. The van der Waals surface area contributed by atoms with E-state index in [1.165, 1.54) is 19.1 Å². The summed E-state index contributed by atoms with van der Waals surface area (Å²) >= 11 is 0. The van der Waals surface area contributed by atoms with Crippen molar-refractivity contribution < 1.29 is 27.5 Å². The molecule has 7 heteroatoms. The van der Waals surface area contributed by atoms with Crippen molar-refractivity contribution in [2.75, 3.05) is 13.3 Å². The first-order valence-corrected chi connectivity index (χ1v) is 6.02. The molecule has 0 bridgehead atoms. The van der Waals surface area contributed by atoms with Gasteiger partial charge in [0.15, 0.2) is 11.9 Å². The molecule has 0 unspecified atom stereocenters. The predicted octanol–water partition coefficient (Wildman–Crippen LogP) is 3.57. The van der Waals surface area contributed by atoms with Crippen LogP contribution in [0.25, 0.3) is 0 Å². The van der Waals surface area contributed by atoms with Crippen molar-refractivity contribution in [3.63, 3.8) is 0 Å². The van der Waals surface area contributed by atoms with Crippen LogP contribution in [0.1, 0.15) is 29.3 Å². The second-order valence-electron chi connectivity index (χ2n) is 4.49. The van der Waals surface area contributed by atoms with Gasteiger partial charge in [-0.05, 0) is 18.6 Å². The molecule has 3 nitrogen and oxygen atoms in total. The van der Waals surface area contributed by atoms with Crippen LogP contribution >= 0.6 is 0 Å². The largest absolute Gasteiger partial charge is 0.493 e. The van der Waals surface area contributed by atoms with Crippen LogP contribution in [-0.4, -0.2) is 30.1 Å². The first kappa shape index (κ1) is 14.6. The van der Waals surface area contributed by atoms with Crippen LogP contribution in [0.2, 0.25) is 0 Å². The van der Waals surface area contributed by atoms with Gasteiger partial charge in [-0.3, -0.25) is 4.39 Å². The highest BCUT2D eigenvalue weighted by atomic mass is 19.3. The lowest BCUT2D eigenvalue weighted by Crippen LogP contribution is -2.27. The molecule has 1 aromatic rings. The molecule has 1 aromatic carbocycles. The Morgan fingerprint density at radius 2 is 2.10 bits per heavy atom. The second-order valence-corrected chi connectivity index (χ2v) is 4.49. The third kappa shape index (κ3) is 2.10. The van der Waals surface area contributed by atoms with E-state index in [1.54, 1.807) is 0 Å². The molecule has 0 spiro atoms. The fourth-order valence-corrected chi connectivity index (χ4v) is 2.22. The van der Waals surface area contributed by atoms with Crippen molar-refractivity contribution >= 4 is 5.71 Å². The average Bonchev–Trinajstić information content (AvgIpc) is 2.61. The number of fused-ring (bicyclic) bond motifs is 1. The lowest BCUT2D eigenvalue weighted by molar-refractivity contribution is -0.00502. The summed E-state index contributed by atoms with van der Waals surface area (Å²) in [7, 11) is 0. The number of nitrogens with zero attached hydrogens (tertiary/aromatic N) is 1. The Bertz CT molecular complexity index is 545. The Morgan fingerprint density at radius 1 is 1.40 bits per heavy atom. The zero-order valence-electron chi connectivity index (χ0n) is 10.7. The summed E-state index contributed by atoms with van der Waals surface area (Å²) in [6.07, 6.45) is -2.57. The number of hydrogen-bond acceptors (Lipinski definition) is 3. The van der Waals surface area contributed by atoms with Gasteiger partial charge in [0.25, 0.3) is 0 Å². The molecule has 0 amide bonds. The summed E-state index contributed by atoms with van der Waals surface area (Å²) in [4.78, 5) is 0. The number of halogens is 4. The van der Waals surface area contributed by atoms with Gasteiger partial charge in [-0.25, -0.2) is 4.39 Å². The molecule has 0 saturated carbocycles. The van der Waals surface area contributed by atoms with E-state index in [9.17, 15) is 17.6 Å². The number of hydrogen-bond donors (Lipinski definition) is 1. The van der Waals surface area contributed by atoms with Gasteiger partial charge in [-0.1, -0.05) is 11.2 Å². The number of alkyl halides is 4. The summed E-state index contributed by atoms with van der Waals surface area (Å²) in [5.74, 6) is -3.99. The van der Waals surface area contributed by atoms with Gasteiger partial charge in [-0.15, -0.1) is 0 Å². The molecule has 1 aliphatic rings. The van der Waals surface area contributed by atoms with E-state index in [4.69, 9.17) is 9.94 Å². The fraction of sp³-hybridized carbons (Fsp3) is 0.462. The Kier molecular flexibility index (Phi) is 3.87. The smallest absolute Gasteiger partial charge is 0.328 e. The topological polar surface area (TPSA) is 41.8 Å². The minimum Gasteiger partial charge on any atom is -0.493 e. The quantitative estimate of drug-likeness (QED) is 0.399. The molecule has 0 heterocycles. The van der Waals surface area contributed by atoms with Gasteiger partial charge in [0.05, 0.1) is 13.3 Å². The maximum absolute atomic E-state index is 14.0. The summed E-state index contributed by atoms with van der Waals surface area (Å²) in [5.41, 5.74) is -1.15.